The molecule has 0 radical (unpaired) electrons. The van der Waals surface area contributed by atoms with Gasteiger partial charge in [0.1, 0.15) is 0 Å². The third-order valence-corrected chi connectivity index (χ3v) is 4.43. The van der Waals surface area contributed by atoms with E-state index < -0.39 is 0 Å². The molecule has 0 aliphatic carbocycles. The minimum absolute atomic E-state index is 0.0146. The van der Waals surface area contributed by atoms with Crippen molar-refractivity contribution in [2.24, 2.45) is 0 Å². The molecule has 0 saturated carbocycles. The van der Waals surface area contributed by atoms with E-state index in [0.717, 1.165) is 24.3 Å². The molecule has 1 aromatic carbocycles. The number of nitrogens with zero attached hydrogens (tertiary/aromatic N) is 3. The second-order valence-electron chi connectivity index (χ2n) is 6.31. The molecule has 1 amide bonds. The molecule has 23 heavy (non-hydrogen) atoms. The summed E-state index contributed by atoms with van der Waals surface area (Å²) in [5.74, 6) is -0.0146. The van der Waals surface area contributed by atoms with Gasteiger partial charge in [-0.1, -0.05) is 0 Å². The summed E-state index contributed by atoms with van der Waals surface area (Å²) in [6.45, 7) is 7.17. The van der Waals surface area contributed by atoms with E-state index in [1.54, 1.807) is 0 Å². The quantitative estimate of drug-likeness (QED) is 0.922. The Balaban J connectivity index is 1.57. The predicted molar refractivity (Wildman–Crippen MR) is 90.9 cm³/mol. The second-order valence-corrected chi connectivity index (χ2v) is 6.31. The van der Waals surface area contributed by atoms with Gasteiger partial charge in [-0.05, 0) is 69.6 Å². The fraction of sp³-hybridized carbons (Fsp3) is 0.444. The lowest BCUT2D eigenvalue weighted by atomic mass is 10.2. The summed E-state index contributed by atoms with van der Waals surface area (Å²) in [5.41, 5.74) is 2.76. The van der Waals surface area contributed by atoms with Gasteiger partial charge in [-0.2, -0.15) is 5.10 Å². The summed E-state index contributed by atoms with van der Waals surface area (Å²) in [6, 6.07) is 7.94. The van der Waals surface area contributed by atoms with E-state index in [9.17, 15) is 4.79 Å². The van der Waals surface area contributed by atoms with Crippen LogP contribution in [0.2, 0.25) is 0 Å². The Morgan fingerprint density at radius 3 is 2.57 bits per heavy atom. The van der Waals surface area contributed by atoms with Crippen molar-refractivity contribution in [3.8, 4) is 5.69 Å². The summed E-state index contributed by atoms with van der Waals surface area (Å²) in [4.78, 5) is 14.7. The van der Waals surface area contributed by atoms with Gasteiger partial charge in [-0.25, -0.2) is 4.68 Å². The molecule has 1 fully saturated rings. The van der Waals surface area contributed by atoms with Gasteiger partial charge < -0.3 is 5.32 Å². The highest BCUT2D eigenvalue weighted by Crippen LogP contribution is 2.12. The maximum Gasteiger partial charge on any atom is 0.251 e. The van der Waals surface area contributed by atoms with Crippen LogP contribution in [0.15, 0.2) is 36.7 Å². The van der Waals surface area contributed by atoms with E-state index >= 15 is 0 Å². The Bertz CT molecular complexity index is 656. The fourth-order valence-corrected chi connectivity index (χ4v) is 2.97. The van der Waals surface area contributed by atoms with Crippen LogP contribution < -0.4 is 5.32 Å². The van der Waals surface area contributed by atoms with E-state index in [1.807, 2.05) is 48.3 Å². The van der Waals surface area contributed by atoms with Gasteiger partial charge in [0.2, 0.25) is 0 Å². The van der Waals surface area contributed by atoms with Crippen molar-refractivity contribution in [1.29, 1.82) is 0 Å². The molecule has 0 spiro atoms. The first-order valence-electron chi connectivity index (χ1n) is 8.27. The van der Waals surface area contributed by atoms with Crippen molar-refractivity contribution < 1.29 is 4.79 Å². The molecule has 1 aromatic heterocycles. The van der Waals surface area contributed by atoms with Crippen molar-refractivity contribution >= 4 is 5.91 Å². The maximum atomic E-state index is 12.3. The number of carbonyl (C=O) groups is 1. The van der Waals surface area contributed by atoms with E-state index in [1.165, 1.54) is 12.8 Å². The van der Waals surface area contributed by atoms with E-state index in [0.29, 0.717) is 18.2 Å². The molecule has 5 heteroatoms. The Hall–Kier alpha value is -2.14. The van der Waals surface area contributed by atoms with Crippen molar-refractivity contribution in [3.05, 3.63) is 47.8 Å². The van der Waals surface area contributed by atoms with Crippen LogP contribution in [0.3, 0.4) is 0 Å². The fourth-order valence-electron chi connectivity index (χ4n) is 2.97. The number of carbonyl (C=O) groups excluding carboxylic acids is 1. The van der Waals surface area contributed by atoms with Gasteiger partial charge in [-0.15, -0.1) is 0 Å². The van der Waals surface area contributed by atoms with Crippen molar-refractivity contribution in [2.75, 3.05) is 19.6 Å². The van der Waals surface area contributed by atoms with Crippen LogP contribution in [0.5, 0.6) is 0 Å². The standard InChI is InChI=1S/C18H24N4O/c1-14-11-20-22(13-14)17-7-5-16(6-8-17)18(23)19-12-15(2)21-9-3-4-10-21/h5-8,11,13,15H,3-4,9-10,12H2,1-2H3,(H,19,23). The van der Waals surface area contributed by atoms with E-state index in [4.69, 9.17) is 0 Å². The lowest BCUT2D eigenvalue weighted by molar-refractivity contribution is 0.0940. The van der Waals surface area contributed by atoms with E-state index in [2.05, 4.69) is 22.2 Å². The highest BCUT2D eigenvalue weighted by atomic mass is 16.1. The zero-order valence-electron chi connectivity index (χ0n) is 13.8. The zero-order valence-corrected chi connectivity index (χ0v) is 13.8. The molecule has 1 N–H and O–H groups in total. The SMILES string of the molecule is Cc1cnn(-c2ccc(C(=O)NCC(C)N3CCCC3)cc2)c1. The van der Waals surface area contributed by atoms with Gasteiger partial charge in [0.05, 0.1) is 11.9 Å². The normalized spacial score (nSPS) is 16.4. The van der Waals surface area contributed by atoms with Crippen LogP contribution in [0.25, 0.3) is 5.69 Å². The molecule has 2 aromatic rings. The number of aromatic nitrogens is 2. The number of rotatable bonds is 5. The molecule has 1 aliphatic rings. The Morgan fingerprint density at radius 2 is 1.96 bits per heavy atom. The largest absolute Gasteiger partial charge is 0.350 e. The van der Waals surface area contributed by atoms with Crippen LogP contribution in [-0.4, -0.2) is 46.3 Å². The third kappa shape index (κ3) is 3.79. The molecule has 1 unspecified atom stereocenters. The second kappa shape index (κ2) is 6.96. The Kier molecular flexibility index (Phi) is 4.76. The van der Waals surface area contributed by atoms with Crippen molar-refractivity contribution in [1.82, 2.24) is 20.0 Å². The molecule has 2 heterocycles. The Labute approximate surface area is 137 Å². The molecule has 122 valence electrons. The number of likely N-dealkylation sites (tertiary alicyclic amines) is 1. The smallest absolute Gasteiger partial charge is 0.251 e. The van der Waals surface area contributed by atoms with Gasteiger partial charge in [0, 0.05) is 24.3 Å². The molecule has 5 nitrogen and oxygen atoms in total. The summed E-state index contributed by atoms with van der Waals surface area (Å²) in [7, 11) is 0. The monoisotopic (exact) mass is 312 g/mol. The average molecular weight is 312 g/mol. The highest BCUT2D eigenvalue weighted by molar-refractivity contribution is 5.94. The van der Waals surface area contributed by atoms with Crippen LogP contribution in [-0.2, 0) is 0 Å². The van der Waals surface area contributed by atoms with Crippen LogP contribution in [0.1, 0.15) is 35.7 Å². The van der Waals surface area contributed by atoms with Crippen LogP contribution >= 0.6 is 0 Å². The van der Waals surface area contributed by atoms with Gasteiger partial charge in [-0.3, -0.25) is 9.69 Å². The molecule has 1 saturated heterocycles. The van der Waals surface area contributed by atoms with Crippen LogP contribution in [0, 0.1) is 6.92 Å². The molecule has 0 bridgehead atoms. The van der Waals surface area contributed by atoms with Crippen molar-refractivity contribution in [2.45, 2.75) is 32.7 Å². The first kappa shape index (κ1) is 15.7. The van der Waals surface area contributed by atoms with Gasteiger partial charge in [0.15, 0.2) is 0 Å². The molecule has 3 rings (SSSR count). The number of amides is 1. The first-order chi connectivity index (χ1) is 11.1. The van der Waals surface area contributed by atoms with Gasteiger partial charge in [0.25, 0.3) is 5.91 Å². The lowest BCUT2D eigenvalue weighted by Gasteiger charge is -2.23. The van der Waals surface area contributed by atoms with Gasteiger partial charge >= 0.3 is 0 Å². The molecular formula is C18H24N4O. The molecule has 1 atom stereocenters. The summed E-state index contributed by atoms with van der Waals surface area (Å²) in [6.07, 6.45) is 6.33. The zero-order chi connectivity index (χ0) is 16.2. The Morgan fingerprint density at radius 1 is 1.26 bits per heavy atom. The van der Waals surface area contributed by atoms with Crippen LogP contribution in [0.4, 0.5) is 0 Å². The third-order valence-electron chi connectivity index (χ3n) is 4.43. The predicted octanol–water partition coefficient (Wildman–Crippen LogP) is 2.39. The number of aryl methyl sites for hydroxylation is 1. The number of hydrogen-bond donors (Lipinski definition) is 1. The first-order valence-corrected chi connectivity index (χ1v) is 8.27. The minimum atomic E-state index is -0.0146. The summed E-state index contributed by atoms with van der Waals surface area (Å²) in [5, 5.41) is 7.31. The highest BCUT2D eigenvalue weighted by Gasteiger charge is 2.18. The summed E-state index contributed by atoms with van der Waals surface area (Å²) < 4.78 is 1.81. The van der Waals surface area contributed by atoms with Crippen molar-refractivity contribution in [3.63, 3.8) is 0 Å². The number of nitrogens with one attached hydrogen (secondary N) is 1. The molecular weight excluding hydrogens is 288 g/mol. The number of hydrogen-bond acceptors (Lipinski definition) is 3. The molecule has 1 aliphatic heterocycles. The maximum absolute atomic E-state index is 12.3. The average Bonchev–Trinajstić information content (AvgIpc) is 3.24. The topological polar surface area (TPSA) is 50.2 Å². The number of benzene rings is 1. The van der Waals surface area contributed by atoms with E-state index in [-0.39, 0.29) is 5.91 Å². The lowest BCUT2D eigenvalue weighted by Crippen LogP contribution is -2.40. The minimum Gasteiger partial charge on any atom is -0.350 e. The summed E-state index contributed by atoms with van der Waals surface area (Å²) >= 11 is 0.